The van der Waals surface area contributed by atoms with Crippen molar-refractivity contribution >= 4 is 17.5 Å². The SMILES string of the molecule is CCCOc1ccc(C(=O)Nc2ccc(C(=O)N(CCC)CCC)cc2)cc1. The number of benzene rings is 2. The molecule has 0 spiro atoms. The topological polar surface area (TPSA) is 58.6 Å². The summed E-state index contributed by atoms with van der Waals surface area (Å²) in [7, 11) is 0. The van der Waals surface area contributed by atoms with E-state index < -0.39 is 0 Å². The number of nitrogens with one attached hydrogen (secondary N) is 1. The molecular formula is C23H30N2O3. The Hall–Kier alpha value is -2.82. The molecule has 0 unspecified atom stereocenters. The van der Waals surface area contributed by atoms with Crippen molar-refractivity contribution in [1.29, 1.82) is 0 Å². The zero-order valence-corrected chi connectivity index (χ0v) is 17.0. The number of nitrogens with zero attached hydrogens (tertiary/aromatic N) is 1. The molecule has 2 aromatic rings. The zero-order valence-electron chi connectivity index (χ0n) is 17.0. The second kappa shape index (κ2) is 11.1. The Morgan fingerprint density at radius 2 is 1.39 bits per heavy atom. The van der Waals surface area contributed by atoms with E-state index in [1.54, 1.807) is 48.5 Å². The molecule has 2 aromatic carbocycles. The van der Waals surface area contributed by atoms with Crippen LogP contribution in [0.2, 0.25) is 0 Å². The maximum atomic E-state index is 12.6. The largest absolute Gasteiger partial charge is 0.494 e. The van der Waals surface area contributed by atoms with Crippen LogP contribution in [0.5, 0.6) is 5.75 Å². The van der Waals surface area contributed by atoms with Gasteiger partial charge in [0, 0.05) is 29.9 Å². The molecule has 5 heteroatoms. The Bertz CT molecular complexity index is 748. The van der Waals surface area contributed by atoms with E-state index >= 15 is 0 Å². The predicted molar refractivity (Wildman–Crippen MR) is 113 cm³/mol. The van der Waals surface area contributed by atoms with E-state index in [9.17, 15) is 9.59 Å². The first kappa shape index (κ1) is 21.5. The standard InChI is InChI=1S/C23H30N2O3/c1-4-15-25(16-5-2)23(27)19-7-11-20(12-8-19)24-22(26)18-9-13-21(14-10-18)28-17-6-3/h7-14H,4-6,15-17H2,1-3H3,(H,24,26). The smallest absolute Gasteiger partial charge is 0.255 e. The highest BCUT2D eigenvalue weighted by atomic mass is 16.5. The fourth-order valence-electron chi connectivity index (χ4n) is 2.86. The maximum Gasteiger partial charge on any atom is 0.255 e. The lowest BCUT2D eigenvalue weighted by Gasteiger charge is -2.21. The number of anilines is 1. The lowest BCUT2D eigenvalue weighted by molar-refractivity contribution is 0.0755. The summed E-state index contributed by atoms with van der Waals surface area (Å²) in [5.74, 6) is 0.592. The molecule has 150 valence electrons. The normalized spacial score (nSPS) is 10.4. The van der Waals surface area contributed by atoms with Crippen molar-refractivity contribution in [1.82, 2.24) is 4.90 Å². The van der Waals surface area contributed by atoms with Crippen LogP contribution in [0.1, 0.15) is 60.7 Å². The Kier molecular flexibility index (Phi) is 8.53. The monoisotopic (exact) mass is 382 g/mol. The summed E-state index contributed by atoms with van der Waals surface area (Å²) in [4.78, 5) is 26.9. The van der Waals surface area contributed by atoms with Gasteiger partial charge in [-0.1, -0.05) is 20.8 Å². The zero-order chi connectivity index (χ0) is 20.4. The number of amides is 2. The van der Waals surface area contributed by atoms with Gasteiger partial charge in [-0.2, -0.15) is 0 Å². The number of hydrogen-bond acceptors (Lipinski definition) is 3. The van der Waals surface area contributed by atoms with E-state index in [2.05, 4.69) is 19.2 Å². The van der Waals surface area contributed by atoms with Crippen LogP contribution in [0.15, 0.2) is 48.5 Å². The molecule has 0 atom stereocenters. The van der Waals surface area contributed by atoms with Crippen LogP contribution < -0.4 is 10.1 Å². The summed E-state index contributed by atoms with van der Waals surface area (Å²) in [6.07, 6.45) is 2.81. The number of hydrogen-bond donors (Lipinski definition) is 1. The van der Waals surface area contributed by atoms with Crippen LogP contribution in [-0.2, 0) is 0 Å². The van der Waals surface area contributed by atoms with Crippen molar-refractivity contribution in [2.45, 2.75) is 40.0 Å². The molecule has 28 heavy (non-hydrogen) atoms. The van der Waals surface area contributed by atoms with Crippen molar-refractivity contribution in [2.75, 3.05) is 25.0 Å². The number of carbonyl (C=O) groups excluding carboxylic acids is 2. The van der Waals surface area contributed by atoms with Crippen LogP contribution in [0.3, 0.4) is 0 Å². The van der Waals surface area contributed by atoms with Gasteiger partial charge in [0.2, 0.25) is 0 Å². The van der Waals surface area contributed by atoms with Gasteiger partial charge in [0.15, 0.2) is 0 Å². The van der Waals surface area contributed by atoms with Gasteiger partial charge in [-0.05, 0) is 67.8 Å². The average molecular weight is 383 g/mol. The van der Waals surface area contributed by atoms with Gasteiger partial charge < -0.3 is 15.0 Å². The third-order valence-corrected chi connectivity index (χ3v) is 4.25. The van der Waals surface area contributed by atoms with Crippen molar-refractivity contribution in [3.63, 3.8) is 0 Å². The van der Waals surface area contributed by atoms with Gasteiger partial charge in [-0.3, -0.25) is 9.59 Å². The average Bonchev–Trinajstić information content (AvgIpc) is 2.72. The maximum absolute atomic E-state index is 12.6. The van der Waals surface area contributed by atoms with Crippen molar-refractivity contribution in [3.05, 3.63) is 59.7 Å². The molecule has 0 heterocycles. The number of ether oxygens (including phenoxy) is 1. The van der Waals surface area contributed by atoms with E-state index in [-0.39, 0.29) is 11.8 Å². The quantitative estimate of drug-likeness (QED) is 0.630. The van der Waals surface area contributed by atoms with Crippen molar-refractivity contribution in [2.24, 2.45) is 0 Å². The molecule has 0 saturated carbocycles. The molecule has 0 aliphatic rings. The second-order valence-electron chi connectivity index (χ2n) is 6.70. The van der Waals surface area contributed by atoms with Gasteiger partial charge in [0.05, 0.1) is 6.61 Å². The Balaban J connectivity index is 1.99. The molecule has 2 amide bonds. The molecule has 0 aliphatic carbocycles. The molecule has 0 radical (unpaired) electrons. The lowest BCUT2D eigenvalue weighted by Crippen LogP contribution is -2.32. The first-order chi connectivity index (χ1) is 13.6. The van der Waals surface area contributed by atoms with Gasteiger partial charge in [0.25, 0.3) is 11.8 Å². The Labute approximate surface area is 167 Å². The van der Waals surface area contributed by atoms with Gasteiger partial charge in [-0.25, -0.2) is 0 Å². The number of carbonyl (C=O) groups is 2. The van der Waals surface area contributed by atoms with Gasteiger partial charge in [-0.15, -0.1) is 0 Å². The van der Waals surface area contributed by atoms with Crippen LogP contribution >= 0.6 is 0 Å². The molecule has 0 saturated heterocycles. The molecular weight excluding hydrogens is 352 g/mol. The third-order valence-electron chi connectivity index (χ3n) is 4.25. The first-order valence-electron chi connectivity index (χ1n) is 10.0. The molecule has 0 bridgehead atoms. The summed E-state index contributed by atoms with van der Waals surface area (Å²) >= 11 is 0. The van der Waals surface area contributed by atoms with Crippen molar-refractivity contribution in [3.8, 4) is 5.75 Å². The van der Waals surface area contributed by atoms with E-state index in [1.807, 2.05) is 11.8 Å². The van der Waals surface area contributed by atoms with E-state index in [1.165, 1.54) is 0 Å². The molecule has 0 fully saturated rings. The van der Waals surface area contributed by atoms with Crippen LogP contribution in [0.25, 0.3) is 0 Å². The molecule has 5 nitrogen and oxygen atoms in total. The van der Waals surface area contributed by atoms with Crippen LogP contribution in [0, 0.1) is 0 Å². The summed E-state index contributed by atoms with van der Waals surface area (Å²) in [5, 5.41) is 2.86. The summed E-state index contributed by atoms with van der Waals surface area (Å²) < 4.78 is 5.53. The fourth-order valence-corrected chi connectivity index (χ4v) is 2.86. The fraction of sp³-hybridized carbons (Fsp3) is 0.391. The number of rotatable bonds is 10. The highest BCUT2D eigenvalue weighted by Gasteiger charge is 2.14. The summed E-state index contributed by atoms with van der Waals surface area (Å²) in [6, 6.07) is 14.1. The van der Waals surface area contributed by atoms with Crippen molar-refractivity contribution < 1.29 is 14.3 Å². The highest BCUT2D eigenvalue weighted by molar-refractivity contribution is 6.04. The molecule has 2 rings (SSSR count). The van der Waals surface area contributed by atoms with Gasteiger partial charge >= 0.3 is 0 Å². The van der Waals surface area contributed by atoms with E-state index in [0.29, 0.717) is 23.4 Å². The van der Waals surface area contributed by atoms with E-state index in [0.717, 1.165) is 38.1 Å². The minimum atomic E-state index is -0.195. The molecule has 0 aliphatic heterocycles. The van der Waals surface area contributed by atoms with Crippen LogP contribution in [-0.4, -0.2) is 36.4 Å². The summed E-state index contributed by atoms with van der Waals surface area (Å²) in [5.41, 5.74) is 1.85. The minimum absolute atomic E-state index is 0.0317. The highest BCUT2D eigenvalue weighted by Crippen LogP contribution is 2.16. The third kappa shape index (κ3) is 6.12. The second-order valence-corrected chi connectivity index (χ2v) is 6.70. The lowest BCUT2D eigenvalue weighted by atomic mass is 10.1. The molecule has 0 aromatic heterocycles. The predicted octanol–water partition coefficient (Wildman–Crippen LogP) is 4.99. The Morgan fingerprint density at radius 3 is 1.93 bits per heavy atom. The minimum Gasteiger partial charge on any atom is -0.494 e. The molecule has 1 N–H and O–H groups in total. The first-order valence-corrected chi connectivity index (χ1v) is 10.0. The van der Waals surface area contributed by atoms with Crippen LogP contribution in [0.4, 0.5) is 5.69 Å². The van der Waals surface area contributed by atoms with Gasteiger partial charge in [0.1, 0.15) is 5.75 Å². The summed E-state index contributed by atoms with van der Waals surface area (Å²) in [6.45, 7) is 8.34. The van der Waals surface area contributed by atoms with E-state index in [4.69, 9.17) is 4.74 Å². The Morgan fingerprint density at radius 1 is 0.821 bits per heavy atom.